The zero-order chi connectivity index (χ0) is 13.7. The lowest BCUT2D eigenvalue weighted by atomic mass is 10.1. The van der Waals surface area contributed by atoms with Gasteiger partial charge in [0.15, 0.2) is 0 Å². The molecule has 1 aromatic carbocycles. The first-order chi connectivity index (χ1) is 8.43. The summed E-state index contributed by atoms with van der Waals surface area (Å²) in [6, 6.07) is 4.97. The third-order valence-electron chi connectivity index (χ3n) is 2.78. The molecule has 0 aromatic heterocycles. The average molecular weight is 289 g/mol. The molecule has 2 unspecified atom stereocenters. The van der Waals surface area contributed by atoms with Gasteiger partial charge < -0.3 is 11.1 Å². The van der Waals surface area contributed by atoms with Crippen LogP contribution in [0.4, 0.5) is 0 Å². The Labute approximate surface area is 118 Å². The van der Waals surface area contributed by atoms with Gasteiger partial charge in [-0.25, -0.2) is 0 Å². The van der Waals surface area contributed by atoms with Crippen LogP contribution in [-0.2, 0) is 4.79 Å². The Morgan fingerprint density at radius 1 is 1.44 bits per heavy atom. The van der Waals surface area contributed by atoms with Crippen LogP contribution in [0.25, 0.3) is 0 Å². The normalized spacial score (nSPS) is 14.1. The maximum atomic E-state index is 11.7. The molecular weight excluding hydrogens is 271 g/mol. The fraction of sp³-hybridized carbons (Fsp3) is 0.462. The SMILES string of the molecule is CCC(N)CC(=O)NC(C)c1ccc(Cl)cc1Cl. The highest BCUT2D eigenvalue weighted by Crippen LogP contribution is 2.26. The van der Waals surface area contributed by atoms with E-state index < -0.39 is 0 Å². The minimum absolute atomic E-state index is 0.0668. The molecule has 1 rings (SSSR count). The lowest BCUT2D eigenvalue weighted by Gasteiger charge is -2.17. The van der Waals surface area contributed by atoms with Crippen LogP contribution in [0.1, 0.15) is 38.3 Å². The van der Waals surface area contributed by atoms with Crippen molar-refractivity contribution in [3.63, 3.8) is 0 Å². The van der Waals surface area contributed by atoms with Gasteiger partial charge in [0, 0.05) is 22.5 Å². The lowest BCUT2D eigenvalue weighted by Crippen LogP contribution is -2.32. The smallest absolute Gasteiger partial charge is 0.222 e. The van der Waals surface area contributed by atoms with Gasteiger partial charge in [-0.3, -0.25) is 4.79 Å². The zero-order valence-corrected chi connectivity index (χ0v) is 12.1. The van der Waals surface area contributed by atoms with E-state index in [1.165, 1.54) is 0 Å². The minimum atomic E-state index is -0.161. The van der Waals surface area contributed by atoms with Gasteiger partial charge in [-0.15, -0.1) is 0 Å². The van der Waals surface area contributed by atoms with Gasteiger partial charge in [-0.1, -0.05) is 36.2 Å². The number of carbonyl (C=O) groups excluding carboxylic acids is 1. The van der Waals surface area contributed by atoms with Crippen LogP contribution in [0.5, 0.6) is 0 Å². The maximum Gasteiger partial charge on any atom is 0.222 e. The summed E-state index contributed by atoms with van der Waals surface area (Å²) in [5, 5.41) is 4.01. The Hall–Kier alpha value is -0.770. The maximum absolute atomic E-state index is 11.7. The van der Waals surface area contributed by atoms with Gasteiger partial charge in [0.1, 0.15) is 0 Å². The van der Waals surface area contributed by atoms with Gasteiger partial charge >= 0.3 is 0 Å². The predicted octanol–water partition coefficient (Wildman–Crippen LogP) is 3.30. The fourth-order valence-corrected chi connectivity index (χ4v) is 2.19. The first kappa shape index (κ1) is 15.3. The molecule has 0 spiro atoms. The number of nitrogens with two attached hydrogens (primary N) is 1. The molecule has 18 heavy (non-hydrogen) atoms. The molecule has 1 amide bonds. The van der Waals surface area contributed by atoms with Crippen LogP contribution < -0.4 is 11.1 Å². The molecule has 0 saturated carbocycles. The summed E-state index contributed by atoms with van der Waals surface area (Å²) in [6.45, 7) is 3.84. The lowest BCUT2D eigenvalue weighted by molar-refractivity contribution is -0.122. The highest BCUT2D eigenvalue weighted by atomic mass is 35.5. The second-order valence-corrected chi connectivity index (χ2v) is 5.17. The number of amides is 1. The number of benzene rings is 1. The summed E-state index contributed by atoms with van der Waals surface area (Å²) < 4.78 is 0. The second-order valence-electron chi connectivity index (χ2n) is 4.33. The van der Waals surface area contributed by atoms with Gasteiger partial charge in [0.25, 0.3) is 0 Å². The van der Waals surface area contributed by atoms with E-state index in [0.717, 1.165) is 12.0 Å². The van der Waals surface area contributed by atoms with Crippen molar-refractivity contribution < 1.29 is 4.79 Å². The van der Waals surface area contributed by atoms with Crippen LogP contribution in [0.2, 0.25) is 10.0 Å². The molecular formula is C13H18Cl2N2O. The third kappa shape index (κ3) is 4.48. The van der Waals surface area contributed by atoms with Crippen molar-refractivity contribution in [2.24, 2.45) is 5.73 Å². The Morgan fingerprint density at radius 3 is 2.67 bits per heavy atom. The molecule has 0 fully saturated rings. The van der Waals surface area contributed by atoms with E-state index in [1.54, 1.807) is 12.1 Å². The Bertz CT molecular complexity index is 423. The molecule has 3 nitrogen and oxygen atoms in total. The Kier molecular flexibility index (Phi) is 5.93. The van der Waals surface area contributed by atoms with E-state index in [2.05, 4.69) is 5.32 Å². The molecule has 0 heterocycles. The van der Waals surface area contributed by atoms with Crippen molar-refractivity contribution in [2.45, 2.75) is 38.8 Å². The van der Waals surface area contributed by atoms with E-state index in [9.17, 15) is 4.79 Å². The van der Waals surface area contributed by atoms with E-state index in [4.69, 9.17) is 28.9 Å². The van der Waals surface area contributed by atoms with E-state index in [1.807, 2.05) is 19.9 Å². The highest BCUT2D eigenvalue weighted by Gasteiger charge is 2.14. The first-order valence-electron chi connectivity index (χ1n) is 5.94. The number of rotatable bonds is 5. The van der Waals surface area contributed by atoms with Gasteiger partial charge in [0.05, 0.1) is 6.04 Å². The molecule has 0 bridgehead atoms. The summed E-state index contributed by atoms with van der Waals surface area (Å²) in [6.07, 6.45) is 1.11. The van der Waals surface area contributed by atoms with E-state index in [-0.39, 0.29) is 18.0 Å². The van der Waals surface area contributed by atoms with Gasteiger partial charge in [-0.05, 0) is 31.0 Å². The van der Waals surface area contributed by atoms with Crippen molar-refractivity contribution in [1.29, 1.82) is 0 Å². The summed E-state index contributed by atoms with van der Waals surface area (Å²) in [5.41, 5.74) is 6.58. The second kappa shape index (κ2) is 6.98. The summed E-state index contributed by atoms with van der Waals surface area (Å²) >= 11 is 11.9. The summed E-state index contributed by atoms with van der Waals surface area (Å²) in [4.78, 5) is 11.7. The molecule has 100 valence electrons. The van der Waals surface area contributed by atoms with Crippen molar-refractivity contribution in [1.82, 2.24) is 5.32 Å². The minimum Gasteiger partial charge on any atom is -0.349 e. The number of halogens is 2. The molecule has 0 radical (unpaired) electrons. The number of nitrogens with one attached hydrogen (secondary N) is 1. The van der Waals surface area contributed by atoms with Crippen molar-refractivity contribution in [2.75, 3.05) is 0 Å². The van der Waals surface area contributed by atoms with Crippen molar-refractivity contribution in [3.8, 4) is 0 Å². The van der Waals surface area contributed by atoms with Crippen molar-refractivity contribution >= 4 is 29.1 Å². The Morgan fingerprint density at radius 2 is 2.11 bits per heavy atom. The van der Waals surface area contributed by atoms with Gasteiger partial charge in [-0.2, -0.15) is 0 Å². The number of hydrogen-bond donors (Lipinski definition) is 2. The molecule has 0 saturated heterocycles. The zero-order valence-electron chi connectivity index (χ0n) is 10.5. The molecule has 5 heteroatoms. The Balaban J connectivity index is 2.64. The van der Waals surface area contributed by atoms with Crippen LogP contribution in [0.3, 0.4) is 0 Å². The fourth-order valence-electron chi connectivity index (χ4n) is 1.61. The van der Waals surface area contributed by atoms with Crippen LogP contribution in [-0.4, -0.2) is 11.9 Å². The standard InChI is InChI=1S/C13H18Cl2N2O/c1-3-10(16)7-13(18)17-8(2)11-5-4-9(14)6-12(11)15/h4-6,8,10H,3,7,16H2,1-2H3,(H,17,18). The summed E-state index contributed by atoms with van der Waals surface area (Å²) in [5.74, 6) is -0.0668. The highest BCUT2D eigenvalue weighted by molar-refractivity contribution is 6.35. The average Bonchev–Trinajstić information content (AvgIpc) is 2.28. The van der Waals surface area contributed by atoms with Crippen LogP contribution in [0, 0.1) is 0 Å². The quantitative estimate of drug-likeness (QED) is 0.873. The molecule has 3 N–H and O–H groups in total. The van der Waals surface area contributed by atoms with Crippen molar-refractivity contribution in [3.05, 3.63) is 33.8 Å². The van der Waals surface area contributed by atoms with Crippen LogP contribution >= 0.6 is 23.2 Å². The third-order valence-corrected chi connectivity index (χ3v) is 3.34. The molecule has 1 aromatic rings. The first-order valence-corrected chi connectivity index (χ1v) is 6.69. The molecule has 2 atom stereocenters. The predicted molar refractivity (Wildman–Crippen MR) is 75.9 cm³/mol. The largest absolute Gasteiger partial charge is 0.349 e. The van der Waals surface area contributed by atoms with Crippen LogP contribution in [0.15, 0.2) is 18.2 Å². The van der Waals surface area contributed by atoms with E-state index in [0.29, 0.717) is 16.5 Å². The van der Waals surface area contributed by atoms with E-state index >= 15 is 0 Å². The molecule has 0 aliphatic heterocycles. The number of hydrogen-bond acceptors (Lipinski definition) is 2. The monoisotopic (exact) mass is 288 g/mol. The van der Waals surface area contributed by atoms with Gasteiger partial charge in [0.2, 0.25) is 5.91 Å². The number of carbonyl (C=O) groups is 1. The molecule has 0 aliphatic rings. The molecule has 0 aliphatic carbocycles. The topological polar surface area (TPSA) is 55.1 Å². The summed E-state index contributed by atoms with van der Waals surface area (Å²) in [7, 11) is 0.